The zero-order chi connectivity index (χ0) is 14.4. The fourth-order valence-corrected chi connectivity index (χ4v) is 4.04. The predicted octanol–water partition coefficient (Wildman–Crippen LogP) is 2.95. The molecule has 0 aromatic heterocycles. The van der Waals surface area contributed by atoms with E-state index >= 15 is 0 Å². The van der Waals surface area contributed by atoms with Crippen molar-refractivity contribution in [3.05, 3.63) is 29.8 Å². The number of alkyl halides is 3. The number of para-hydroxylation sites is 1. The number of hydrogen-bond donors (Lipinski definition) is 1. The summed E-state index contributed by atoms with van der Waals surface area (Å²) in [5, 5.41) is 3.16. The van der Waals surface area contributed by atoms with Crippen molar-refractivity contribution in [3.63, 3.8) is 0 Å². The molecule has 1 N–H and O–H groups in total. The number of carbonyl (C=O) groups excluding carboxylic acids is 1. The Kier molecular flexibility index (Phi) is 3.12. The van der Waals surface area contributed by atoms with Crippen molar-refractivity contribution < 1.29 is 18.0 Å². The normalized spacial score (nSPS) is 25.8. The average Bonchev–Trinajstić information content (AvgIpc) is 2.83. The maximum atomic E-state index is 12.8. The van der Waals surface area contributed by atoms with Crippen molar-refractivity contribution in [1.82, 2.24) is 4.90 Å². The van der Waals surface area contributed by atoms with Gasteiger partial charge in [-0.1, -0.05) is 12.1 Å². The summed E-state index contributed by atoms with van der Waals surface area (Å²) in [6, 6.07) is 6.73. The van der Waals surface area contributed by atoms with Crippen LogP contribution in [0.5, 0.6) is 0 Å². The first kappa shape index (κ1) is 13.6. The molecule has 3 nitrogen and oxygen atoms in total. The van der Waals surface area contributed by atoms with Crippen LogP contribution in [0.4, 0.5) is 18.9 Å². The van der Waals surface area contributed by atoms with Gasteiger partial charge in [0.1, 0.15) is 12.2 Å². The highest BCUT2D eigenvalue weighted by atomic mass is 32.2. The topological polar surface area (TPSA) is 32.3 Å². The molecular formula is C13H13F3N2OS. The van der Waals surface area contributed by atoms with E-state index in [1.54, 1.807) is 36.0 Å². The molecule has 20 heavy (non-hydrogen) atoms. The van der Waals surface area contributed by atoms with Crippen LogP contribution in [0.15, 0.2) is 24.3 Å². The van der Waals surface area contributed by atoms with Crippen LogP contribution in [0.3, 0.4) is 0 Å². The molecule has 1 aromatic rings. The molecule has 7 heteroatoms. The van der Waals surface area contributed by atoms with Crippen LogP contribution in [0.1, 0.15) is 16.8 Å². The van der Waals surface area contributed by atoms with Gasteiger partial charge in [0.05, 0.1) is 5.56 Å². The quantitative estimate of drug-likeness (QED) is 0.865. The maximum absolute atomic E-state index is 12.8. The summed E-state index contributed by atoms with van der Waals surface area (Å²) in [6.45, 7) is -1.21. The van der Waals surface area contributed by atoms with E-state index in [1.165, 1.54) is 0 Å². The predicted molar refractivity (Wildman–Crippen MR) is 71.8 cm³/mol. The Bertz CT molecular complexity index is 541. The number of thioether (sulfide) groups is 1. The van der Waals surface area contributed by atoms with Crippen molar-refractivity contribution in [2.24, 2.45) is 0 Å². The minimum Gasteiger partial charge on any atom is -0.361 e. The van der Waals surface area contributed by atoms with Gasteiger partial charge in [-0.25, -0.2) is 0 Å². The molecule has 1 amide bonds. The highest BCUT2D eigenvalue weighted by Crippen LogP contribution is 2.41. The van der Waals surface area contributed by atoms with Gasteiger partial charge in [-0.15, -0.1) is 0 Å². The lowest BCUT2D eigenvalue weighted by Crippen LogP contribution is -2.62. The van der Waals surface area contributed by atoms with Crippen molar-refractivity contribution in [3.8, 4) is 0 Å². The van der Waals surface area contributed by atoms with Gasteiger partial charge in [-0.3, -0.25) is 4.79 Å². The molecule has 2 aliphatic rings. The first-order valence-corrected chi connectivity index (χ1v) is 7.40. The number of benzene rings is 1. The molecule has 1 unspecified atom stereocenters. The van der Waals surface area contributed by atoms with E-state index in [0.717, 1.165) is 10.7 Å². The van der Waals surface area contributed by atoms with Gasteiger partial charge < -0.3 is 10.2 Å². The standard InChI is InChI=1S/C13H13F3N2OS/c14-13(15,16)7-18-11(19)9-3-1-2-4-10(9)17-12(18)5-6-20-8-12/h1-4,17H,5-8H2. The van der Waals surface area contributed by atoms with Crippen molar-refractivity contribution in [1.29, 1.82) is 0 Å². The summed E-state index contributed by atoms with van der Waals surface area (Å²) in [5.41, 5.74) is 0.0173. The van der Waals surface area contributed by atoms with Crippen LogP contribution < -0.4 is 5.32 Å². The summed E-state index contributed by atoms with van der Waals surface area (Å²) >= 11 is 1.56. The van der Waals surface area contributed by atoms with Crippen LogP contribution in [0, 0.1) is 0 Å². The zero-order valence-electron chi connectivity index (χ0n) is 10.5. The highest BCUT2D eigenvalue weighted by molar-refractivity contribution is 7.99. The van der Waals surface area contributed by atoms with E-state index < -0.39 is 24.3 Å². The van der Waals surface area contributed by atoms with Crippen LogP contribution in [-0.2, 0) is 0 Å². The second kappa shape index (κ2) is 4.58. The summed E-state index contributed by atoms with van der Waals surface area (Å²) in [6.07, 6.45) is -3.88. The number of amides is 1. The van der Waals surface area contributed by atoms with E-state index in [9.17, 15) is 18.0 Å². The molecule has 108 valence electrons. The molecule has 2 aliphatic heterocycles. The van der Waals surface area contributed by atoms with Crippen LogP contribution in [0.2, 0.25) is 0 Å². The maximum Gasteiger partial charge on any atom is 0.406 e. The van der Waals surface area contributed by atoms with Crippen molar-refractivity contribution in [2.45, 2.75) is 18.3 Å². The molecule has 1 atom stereocenters. The average molecular weight is 302 g/mol. The number of rotatable bonds is 1. The molecular weight excluding hydrogens is 289 g/mol. The Morgan fingerprint density at radius 2 is 2.10 bits per heavy atom. The van der Waals surface area contributed by atoms with E-state index in [1.807, 2.05) is 0 Å². The summed E-state index contributed by atoms with van der Waals surface area (Å²) in [4.78, 5) is 13.4. The van der Waals surface area contributed by atoms with Crippen LogP contribution in [0.25, 0.3) is 0 Å². The molecule has 1 saturated heterocycles. The summed E-state index contributed by atoms with van der Waals surface area (Å²) in [7, 11) is 0. The third kappa shape index (κ3) is 2.24. The molecule has 3 rings (SSSR count). The number of halogens is 3. The molecule has 0 saturated carbocycles. The Hall–Kier alpha value is -1.37. The van der Waals surface area contributed by atoms with Gasteiger partial charge in [0.25, 0.3) is 5.91 Å². The summed E-state index contributed by atoms with van der Waals surface area (Å²) < 4.78 is 38.4. The fraction of sp³-hybridized carbons (Fsp3) is 0.462. The second-order valence-corrected chi connectivity index (χ2v) is 6.12. The highest BCUT2D eigenvalue weighted by Gasteiger charge is 2.50. The van der Waals surface area contributed by atoms with Crippen LogP contribution in [-0.4, -0.2) is 40.7 Å². The minimum absolute atomic E-state index is 0.305. The Morgan fingerprint density at radius 1 is 1.35 bits per heavy atom. The molecule has 0 radical (unpaired) electrons. The smallest absolute Gasteiger partial charge is 0.361 e. The minimum atomic E-state index is -4.40. The Labute approximate surface area is 118 Å². The van der Waals surface area contributed by atoms with Crippen molar-refractivity contribution >= 4 is 23.4 Å². The van der Waals surface area contributed by atoms with Gasteiger partial charge in [0.2, 0.25) is 0 Å². The van der Waals surface area contributed by atoms with Gasteiger partial charge in [-0.05, 0) is 24.3 Å². The zero-order valence-corrected chi connectivity index (χ0v) is 11.4. The number of fused-ring (bicyclic) bond motifs is 1. The lowest BCUT2D eigenvalue weighted by molar-refractivity contribution is -0.149. The third-order valence-corrected chi connectivity index (χ3v) is 4.80. The molecule has 2 heterocycles. The molecule has 1 fully saturated rings. The molecule has 0 aliphatic carbocycles. The monoisotopic (exact) mass is 302 g/mol. The van der Waals surface area contributed by atoms with E-state index in [4.69, 9.17) is 0 Å². The number of nitrogens with zero attached hydrogens (tertiary/aromatic N) is 1. The number of carbonyl (C=O) groups is 1. The first-order valence-electron chi connectivity index (χ1n) is 6.25. The summed E-state index contributed by atoms with van der Waals surface area (Å²) in [5.74, 6) is 0.680. The Morgan fingerprint density at radius 3 is 2.75 bits per heavy atom. The van der Waals surface area contributed by atoms with Gasteiger partial charge >= 0.3 is 6.18 Å². The number of anilines is 1. The van der Waals surface area contributed by atoms with Gasteiger partial charge in [0.15, 0.2) is 0 Å². The van der Waals surface area contributed by atoms with E-state index in [0.29, 0.717) is 23.4 Å². The fourth-order valence-electron chi connectivity index (χ4n) is 2.70. The van der Waals surface area contributed by atoms with Gasteiger partial charge in [-0.2, -0.15) is 24.9 Å². The van der Waals surface area contributed by atoms with Gasteiger partial charge in [0, 0.05) is 11.4 Å². The molecule has 0 bridgehead atoms. The van der Waals surface area contributed by atoms with Crippen LogP contribution >= 0.6 is 11.8 Å². The largest absolute Gasteiger partial charge is 0.406 e. The third-order valence-electron chi connectivity index (χ3n) is 3.62. The lowest BCUT2D eigenvalue weighted by Gasteiger charge is -2.46. The van der Waals surface area contributed by atoms with E-state index in [2.05, 4.69) is 5.32 Å². The first-order chi connectivity index (χ1) is 9.41. The number of nitrogens with one attached hydrogen (secondary N) is 1. The molecule has 1 aromatic carbocycles. The molecule has 1 spiro atoms. The van der Waals surface area contributed by atoms with E-state index in [-0.39, 0.29) is 0 Å². The lowest BCUT2D eigenvalue weighted by atomic mass is 9.98. The Balaban J connectivity index is 2.03. The number of hydrogen-bond acceptors (Lipinski definition) is 3. The SMILES string of the molecule is O=C1c2ccccc2NC2(CCSC2)N1CC(F)(F)F. The second-order valence-electron chi connectivity index (χ2n) is 5.01. The van der Waals surface area contributed by atoms with Crippen molar-refractivity contribution in [2.75, 3.05) is 23.4 Å².